The summed E-state index contributed by atoms with van der Waals surface area (Å²) in [6, 6.07) is 0. The van der Waals surface area contributed by atoms with E-state index in [0.717, 1.165) is 6.42 Å². The lowest BCUT2D eigenvalue weighted by atomic mass is 10.0. The molecule has 1 N–H and O–H groups in total. The van der Waals surface area contributed by atoms with E-state index in [0.29, 0.717) is 12.2 Å². The van der Waals surface area contributed by atoms with Gasteiger partial charge in [0.05, 0.1) is 0 Å². The molecular weight excluding hydrogens is 236 g/mol. The SMILES string of the molecule is CCCCCCCCCCCCC(=O)c1ncc[nH]1. The van der Waals surface area contributed by atoms with Gasteiger partial charge in [0.25, 0.3) is 0 Å². The molecule has 0 aliphatic heterocycles. The van der Waals surface area contributed by atoms with Crippen LogP contribution in [0.5, 0.6) is 0 Å². The largest absolute Gasteiger partial charge is 0.342 e. The first-order valence-electron chi connectivity index (χ1n) is 7.87. The lowest BCUT2D eigenvalue weighted by molar-refractivity contribution is 0.0970. The lowest BCUT2D eigenvalue weighted by Gasteiger charge is -2.01. The maximum Gasteiger partial charge on any atom is 0.198 e. The summed E-state index contributed by atoms with van der Waals surface area (Å²) in [4.78, 5) is 18.5. The maximum absolute atomic E-state index is 11.6. The fourth-order valence-corrected chi connectivity index (χ4v) is 2.31. The minimum atomic E-state index is 0.143. The highest BCUT2D eigenvalue weighted by Gasteiger charge is 2.06. The van der Waals surface area contributed by atoms with E-state index in [1.165, 1.54) is 57.8 Å². The first-order valence-corrected chi connectivity index (χ1v) is 7.87. The summed E-state index contributed by atoms with van der Waals surface area (Å²) in [7, 11) is 0. The number of carbonyl (C=O) groups is 1. The van der Waals surface area contributed by atoms with Gasteiger partial charge in [0.15, 0.2) is 11.6 Å². The van der Waals surface area contributed by atoms with Crippen molar-refractivity contribution in [1.82, 2.24) is 9.97 Å². The molecule has 0 bridgehead atoms. The third kappa shape index (κ3) is 7.81. The van der Waals surface area contributed by atoms with E-state index >= 15 is 0 Å². The van der Waals surface area contributed by atoms with E-state index in [4.69, 9.17) is 0 Å². The second-order valence-corrected chi connectivity index (χ2v) is 5.29. The Morgan fingerprint density at radius 1 is 1.00 bits per heavy atom. The Morgan fingerprint density at radius 2 is 1.58 bits per heavy atom. The first-order chi connectivity index (χ1) is 9.34. The summed E-state index contributed by atoms with van der Waals surface area (Å²) in [5, 5.41) is 0. The summed E-state index contributed by atoms with van der Waals surface area (Å²) >= 11 is 0. The monoisotopic (exact) mass is 264 g/mol. The third-order valence-corrected chi connectivity index (χ3v) is 3.52. The number of nitrogens with one attached hydrogen (secondary N) is 1. The molecule has 19 heavy (non-hydrogen) atoms. The van der Waals surface area contributed by atoms with Crippen LogP contribution in [0.4, 0.5) is 0 Å². The van der Waals surface area contributed by atoms with Crippen molar-refractivity contribution in [3.05, 3.63) is 18.2 Å². The number of Topliss-reactive ketones (excluding diaryl/α,β-unsaturated/α-hetero) is 1. The molecule has 1 aromatic rings. The maximum atomic E-state index is 11.6. The molecular formula is C16H28N2O. The van der Waals surface area contributed by atoms with Gasteiger partial charge in [-0.2, -0.15) is 0 Å². The van der Waals surface area contributed by atoms with Gasteiger partial charge in [-0.3, -0.25) is 4.79 Å². The molecule has 3 nitrogen and oxygen atoms in total. The highest BCUT2D eigenvalue weighted by molar-refractivity contribution is 5.92. The van der Waals surface area contributed by atoms with Crippen LogP contribution in [0.25, 0.3) is 0 Å². The van der Waals surface area contributed by atoms with Crippen LogP contribution in [-0.2, 0) is 0 Å². The molecule has 0 saturated heterocycles. The number of hydrogen-bond acceptors (Lipinski definition) is 2. The molecule has 0 atom stereocenters. The van der Waals surface area contributed by atoms with Crippen LogP contribution >= 0.6 is 0 Å². The molecule has 1 aromatic heterocycles. The van der Waals surface area contributed by atoms with Gasteiger partial charge in [-0.05, 0) is 6.42 Å². The van der Waals surface area contributed by atoms with Crippen LogP contribution < -0.4 is 0 Å². The number of carbonyl (C=O) groups excluding carboxylic acids is 1. The average molecular weight is 264 g/mol. The molecule has 0 spiro atoms. The Morgan fingerprint density at radius 3 is 2.11 bits per heavy atom. The number of H-pyrrole nitrogens is 1. The van der Waals surface area contributed by atoms with Crippen LogP contribution in [0.3, 0.4) is 0 Å². The fourth-order valence-electron chi connectivity index (χ4n) is 2.31. The molecule has 0 aliphatic rings. The van der Waals surface area contributed by atoms with Crippen LogP contribution in [0.2, 0.25) is 0 Å². The molecule has 1 rings (SSSR count). The number of rotatable bonds is 12. The van der Waals surface area contributed by atoms with E-state index < -0.39 is 0 Å². The van der Waals surface area contributed by atoms with Crippen molar-refractivity contribution in [3.63, 3.8) is 0 Å². The number of hydrogen-bond donors (Lipinski definition) is 1. The molecule has 1 heterocycles. The molecule has 0 unspecified atom stereocenters. The second-order valence-electron chi connectivity index (χ2n) is 5.29. The van der Waals surface area contributed by atoms with Crippen molar-refractivity contribution >= 4 is 5.78 Å². The van der Waals surface area contributed by atoms with Gasteiger partial charge in [0.2, 0.25) is 0 Å². The van der Waals surface area contributed by atoms with Crippen LogP contribution in [0.15, 0.2) is 12.4 Å². The highest BCUT2D eigenvalue weighted by atomic mass is 16.1. The van der Waals surface area contributed by atoms with Crippen molar-refractivity contribution in [2.24, 2.45) is 0 Å². The smallest absolute Gasteiger partial charge is 0.198 e. The van der Waals surface area contributed by atoms with Gasteiger partial charge in [0, 0.05) is 18.8 Å². The lowest BCUT2D eigenvalue weighted by Crippen LogP contribution is -2.01. The molecule has 0 saturated carbocycles. The van der Waals surface area contributed by atoms with Crippen LogP contribution in [-0.4, -0.2) is 15.8 Å². The third-order valence-electron chi connectivity index (χ3n) is 3.52. The van der Waals surface area contributed by atoms with Gasteiger partial charge >= 0.3 is 0 Å². The number of unbranched alkanes of at least 4 members (excludes halogenated alkanes) is 9. The topological polar surface area (TPSA) is 45.8 Å². The van der Waals surface area contributed by atoms with Crippen molar-refractivity contribution < 1.29 is 4.79 Å². The number of ketones is 1. The predicted octanol–water partition coefficient (Wildman–Crippen LogP) is 4.90. The Balaban J connectivity index is 1.85. The Hall–Kier alpha value is -1.12. The van der Waals surface area contributed by atoms with E-state index in [1.807, 2.05) is 0 Å². The van der Waals surface area contributed by atoms with Gasteiger partial charge in [0.1, 0.15) is 0 Å². The second kappa shape index (κ2) is 10.8. The average Bonchev–Trinajstić information content (AvgIpc) is 2.95. The zero-order chi connectivity index (χ0) is 13.8. The number of nitrogens with zero attached hydrogens (tertiary/aromatic N) is 1. The van der Waals surface area contributed by atoms with Crippen molar-refractivity contribution in [3.8, 4) is 0 Å². The summed E-state index contributed by atoms with van der Waals surface area (Å²) in [5.41, 5.74) is 0. The Labute approximate surface area is 117 Å². The van der Waals surface area contributed by atoms with Crippen molar-refractivity contribution in [1.29, 1.82) is 0 Å². The minimum Gasteiger partial charge on any atom is -0.342 e. The van der Waals surface area contributed by atoms with E-state index in [1.54, 1.807) is 12.4 Å². The summed E-state index contributed by atoms with van der Waals surface area (Å²) in [6.07, 6.45) is 16.9. The van der Waals surface area contributed by atoms with Gasteiger partial charge in [-0.15, -0.1) is 0 Å². The fraction of sp³-hybridized carbons (Fsp3) is 0.750. The number of aromatic nitrogens is 2. The number of imidazole rings is 1. The zero-order valence-corrected chi connectivity index (χ0v) is 12.3. The summed E-state index contributed by atoms with van der Waals surface area (Å²) in [5.74, 6) is 0.653. The van der Waals surface area contributed by atoms with Gasteiger partial charge < -0.3 is 4.98 Å². The van der Waals surface area contributed by atoms with Gasteiger partial charge in [-0.1, -0.05) is 64.7 Å². The Kier molecular flexibility index (Phi) is 9.03. The minimum absolute atomic E-state index is 0.143. The van der Waals surface area contributed by atoms with E-state index in [9.17, 15) is 4.79 Å². The molecule has 0 aromatic carbocycles. The van der Waals surface area contributed by atoms with Crippen LogP contribution in [0.1, 0.15) is 88.2 Å². The highest BCUT2D eigenvalue weighted by Crippen LogP contribution is 2.12. The molecule has 0 aliphatic carbocycles. The molecule has 3 heteroatoms. The quantitative estimate of drug-likeness (QED) is 0.431. The van der Waals surface area contributed by atoms with Crippen molar-refractivity contribution in [2.75, 3.05) is 0 Å². The Bertz CT molecular complexity index is 319. The zero-order valence-electron chi connectivity index (χ0n) is 12.3. The summed E-state index contributed by atoms with van der Waals surface area (Å²) in [6.45, 7) is 2.25. The molecule has 0 radical (unpaired) electrons. The normalized spacial score (nSPS) is 10.8. The molecule has 0 amide bonds. The first kappa shape index (κ1) is 15.9. The molecule has 108 valence electrons. The standard InChI is InChI=1S/C16H28N2O/c1-2-3-4-5-6-7-8-9-10-11-12-15(19)16-17-13-14-18-16/h13-14H,2-12H2,1H3,(H,17,18). The van der Waals surface area contributed by atoms with Crippen LogP contribution in [0, 0.1) is 0 Å². The van der Waals surface area contributed by atoms with Gasteiger partial charge in [-0.25, -0.2) is 4.98 Å². The van der Waals surface area contributed by atoms with E-state index in [-0.39, 0.29) is 5.78 Å². The van der Waals surface area contributed by atoms with Crippen molar-refractivity contribution in [2.45, 2.75) is 77.6 Å². The molecule has 0 fully saturated rings. The van der Waals surface area contributed by atoms with E-state index in [2.05, 4.69) is 16.9 Å². The predicted molar refractivity (Wildman–Crippen MR) is 79.4 cm³/mol. The summed E-state index contributed by atoms with van der Waals surface area (Å²) < 4.78 is 0. The number of aromatic amines is 1.